The molecule has 0 radical (unpaired) electrons. The average molecular weight is 415 g/mol. The van der Waals surface area contributed by atoms with Gasteiger partial charge in [-0.1, -0.05) is 39.0 Å². The predicted octanol–water partition coefficient (Wildman–Crippen LogP) is 5.16. The number of nitrogens with zero attached hydrogens (tertiary/aromatic N) is 4. The van der Waals surface area contributed by atoms with E-state index in [1.54, 1.807) is 12.4 Å². The van der Waals surface area contributed by atoms with Crippen molar-refractivity contribution in [1.82, 2.24) is 19.9 Å². The summed E-state index contributed by atoms with van der Waals surface area (Å²) in [7, 11) is 0. The second kappa shape index (κ2) is 8.58. The standard InChI is InChI=1S/C26H30N4O/c1-18-8-5-6-10-21(18)24(31)30-15-7-9-20(17-30)23-22(19-11-13-27-14-12-19)16-28-25(29-23)26(2,3)4/h5-6,8,10-14,16,20H,7,9,15,17H2,1-4H3. The van der Waals surface area contributed by atoms with Gasteiger partial charge in [0.15, 0.2) is 0 Å². The lowest BCUT2D eigenvalue weighted by Crippen LogP contribution is -2.40. The van der Waals surface area contributed by atoms with Gasteiger partial charge in [-0.15, -0.1) is 0 Å². The Bertz CT molecular complexity index is 1070. The molecule has 5 nitrogen and oxygen atoms in total. The van der Waals surface area contributed by atoms with Gasteiger partial charge in [-0.2, -0.15) is 0 Å². The molecule has 0 N–H and O–H groups in total. The summed E-state index contributed by atoms with van der Waals surface area (Å²) in [5.41, 5.74) is 4.79. The molecule has 0 aliphatic carbocycles. The van der Waals surface area contributed by atoms with Gasteiger partial charge in [0.2, 0.25) is 0 Å². The minimum Gasteiger partial charge on any atom is -0.338 e. The zero-order valence-corrected chi connectivity index (χ0v) is 18.8. The van der Waals surface area contributed by atoms with Crippen molar-refractivity contribution < 1.29 is 4.79 Å². The molecule has 1 amide bonds. The summed E-state index contributed by atoms with van der Waals surface area (Å²) in [5, 5.41) is 0. The summed E-state index contributed by atoms with van der Waals surface area (Å²) in [6, 6.07) is 11.8. The van der Waals surface area contributed by atoms with E-state index < -0.39 is 0 Å². The van der Waals surface area contributed by atoms with E-state index in [0.29, 0.717) is 6.54 Å². The van der Waals surface area contributed by atoms with Crippen LogP contribution in [0.25, 0.3) is 11.1 Å². The minimum atomic E-state index is -0.142. The lowest BCUT2D eigenvalue weighted by atomic mass is 9.88. The van der Waals surface area contributed by atoms with Gasteiger partial charge in [-0.3, -0.25) is 9.78 Å². The number of likely N-dealkylation sites (tertiary alicyclic amines) is 1. The molecule has 1 aliphatic rings. The van der Waals surface area contributed by atoms with Crippen molar-refractivity contribution in [2.75, 3.05) is 13.1 Å². The van der Waals surface area contributed by atoms with Crippen LogP contribution in [-0.2, 0) is 5.41 Å². The molecule has 1 saturated heterocycles. The summed E-state index contributed by atoms with van der Waals surface area (Å²) < 4.78 is 0. The minimum absolute atomic E-state index is 0.110. The third kappa shape index (κ3) is 4.50. The van der Waals surface area contributed by atoms with Crippen molar-refractivity contribution in [2.24, 2.45) is 0 Å². The molecule has 1 aliphatic heterocycles. The molecular formula is C26H30N4O. The molecular weight excluding hydrogens is 384 g/mol. The van der Waals surface area contributed by atoms with Gasteiger partial charge >= 0.3 is 0 Å². The third-order valence-electron chi connectivity index (χ3n) is 5.95. The Balaban J connectivity index is 1.70. The van der Waals surface area contributed by atoms with Crippen molar-refractivity contribution in [3.05, 3.63) is 77.6 Å². The van der Waals surface area contributed by atoms with Crippen LogP contribution in [0.1, 0.15) is 67.0 Å². The number of amides is 1. The fourth-order valence-corrected chi connectivity index (χ4v) is 4.19. The van der Waals surface area contributed by atoms with Gasteiger partial charge in [0, 0.05) is 54.1 Å². The Morgan fingerprint density at radius 3 is 2.55 bits per heavy atom. The van der Waals surface area contributed by atoms with Crippen molar-refractivity contribution in [3.8, 4) is 11.1 Å². The van der Waals surface area contributed by atoms with Crippen LogP contribution in [0, 0.1) is 6.92 Å². The highest BCUT2D eigenvalue weighted by atomic mass is 16.2. The Hall–Kier alpha value is -3.08. The number of hydrogen-bond acceptors (Lipinski definition) is 4. The smallest absolute Gasteiger partial charge is 0.254 e. The fourth-order valence-electron chi connectivity index (χ4n) is 4.19. The Labute approximate surface area is 184 Å². The normalized spacial score (nSPS) is 16.9. The van der Waals surface area contributed by atoms with Crippen LogP contribution in [0.3, 0.4) is 0 Å². The summed E-state index contributed by atoms with van der Waals surface area (Å²) in [6.45, 7) is 9.85. The molecule has 5 heteroatoms. The quantitative estimate of drug-likeness (QED) is 0.594. The first-order valence-corrected chi connectivity index (χ1v) is 11.0. The molecule has 160 valence electrons. The number of aryl methyl sites for hydroxylation is 1. The molecule has 3 aromatic rings. The fraction of sp³-hybridized carbons (Fsp3) is 0.385. The molecule has 3 heterocycles. The van der Waals surface area contributed by atoms with Gasteiger partial charge in [-0.05, 0) is 49.1 Å². The molecule has 4 rings (SSSR count). The lowest BCUT2D eigenvalue weighted by molar-refractivity contribution is 0.0705. The number of pyridine rings is 1. The van der Waals surface area contributed by atoms with Crippen LogP contribution in [0.2, 0.25) is 0 Å². The Morgan fingerprint density at radius 1 is 1.10 bits per heavy atom. The molecule has 0 saturated carbocycles. The topological polar surface area (TPSA) is 59.0 Å². The number of piperidine rings is 1. The lowest BCUT2D eigenvalue weighted by Gasteiger charge is -2.34. The molecule has 31 heavy (non-hydrogen) atoms. The van der Waals surface area contributed by atoms with E-state index >= 15 is 0 Å². The van der Waals surface area contributed by atoms with E-state index in [1.165, 1.54) is 0 Å². The summed E-state index contributed by atoms with van der Waals surface area (Å²) in [6.07, 6.45) is 7.51. The molecule has 0 spiro atoms. The van der Waals surface area contributed by atoms with Crippen LogP contribution >= 0.6 is 0 Å². The SMILES string of the molecule is Cc1ccccc1C(=O)N1CCCC(c2nc(C(C)(C)C)ncc2-c2ccncc2)C1. The summed E-state index contributed by atoms with van der Waals surface area (Å²) in [5.74, 6) is 1.12. The molecule has 1 unspecified atom stereocenters. The number of rotatable bonds is 3. The predicted molar refractivity (Wildman–Crippen MR) is 123 cm³/mol. The molecule has 0 bridgehead atoms. The van der Waals surface area contributed by atoms with Gasteiger partial charge in [0.25, 0.3) is 5.91 Å². The van der Waals surface area contributed by atoms with E-state index in [0.717, 1.165) is 53.2 Å². The maximum absolute atomic E-state index is 13.3. The first kappa shape index (κ1) is 21.2. The van der Waals surface area contributed by atoms with Crippen molar-refractivity contribution in [3.63, 3.8) is 0 Å². The second-order valence-corrected chi connectivity index (χ2v) is 9.38. The first-order valence-electron chi connectivity index (χ1n) is 11.0. The molecule has 1 atom stereocenters. The molecule has 1 fully saturated rings. The monoisotopic (exact) mass is 414 g/mol. The second-order valence-electron chi connectivity index (χ2n) is 9.38. The van der Waals surface area contributed by atoms with Crippen LogP contribution in [-0.4, -0.2) is 38.8 Å². The van der Waals surface area contributed by atoms with E-state index in [9.17, 15) is 4.79 Å². The maximum atomic E-state index is 13.3. The Kier molecular flexibility index (Phi) is 5.86. The van der Waals surface area contributed by atoms with Crippen LogP contribution in [0.4, 0.5) is 0 Å². The van der Waals surface area contributed by atoms with Crippen LogP contribution < -0.4 is 0 Å². The summed E-state index contributed by atoms with van der Waals surface area (Å²) in [4.78, 5) is 29.2. The van der Waals surface area contributed by atoms with Crippen LogP contribution in [0.15, 0.2) is 55.0 Å². The van der Waals surface area contributed by atoms with Gasteiger partial charge in [0.05, 0.1) is 5.69 Å². The van der Waals surface area contributed by atoms with E-state index in [4.69, 9.17) is 4.98 Å². The molecule has 1 aromatic carbocycles. The third-order valence-corrected chi connectivity index (χ3v) is 5.95. The van der Waals surface area contributed by atoms with Crippen molar-refractivity contribution in [1.29, 1.82) is 0 Å². The van der Waals surface area contributed by atoms with Gasteiger partial charge < -0.3 is 4.90 Å². The first-order chi connectivity index (χ1) is 14.8. The zero-order chi connectivity index (χ0) is 22.0. The highest BCUT2D eigenvalue weighted by Crippen LogP contribution is 2.34. The maximum Gasteiger partial charge on any atom is 0.254 e. The highest BCUT2D eigenvalue weighted by molar-refractivity contribution is 5.95. The number of carbonyl (C=O) groups excluding carboxylic acids is 1. The van der Waals surface area contributed by atoms with Gasteiger partial charge in [-0.25, -0.2) is 9.97 Å². The van der Waals surface area contributed by atoms with Crippen molar-refractivity contribution in [2.45, 2.75) is 51.9 Å². The highest BCUT2D eigenvalue weighted by Gasteiger charge is 2.30. The zero-order valence-electron chi connectivity index (χ0n) is 18.8. The number of hydrogen-bond donors (Lipinski definition) is 0. The number of benzene rings is 1. The van der Waals surface area contributed by atoms with E-state index in [-0.39, 0.29) is 17.2 Å². The van der Waals surface area contributed by atoms with Crippen LogP contribution in [0.5, 0.6) is 0 Å². The largest absolute Gasteiger partial charge is 0.338 e. The van der Waals surface area contributed by atoms with Gasteiger partial charge in [0.1, 0.15) is 5.82 Å². The van der Waals surface area contributed by atoms with Crippen molar-refractivity contribution >= 4 is 5.91 Å². The number of carbonyl (C=O) groups is 1. The number of aromatic nitrogens is 3. The average Bonchev–Trinajstić information content (AvgIpc) is 2.78. The summed E-state index contributed by atoms with van der Waals surface area (Å²) >= 11 is 0. The molecule has 2 aromatic heterocycles. The Morgan fingerprint density at radius 2 is 1.84 bits per heavy atom. The van der Waals surface area contributed by atoms with E-state index in [1.807, 2.05) is 54.4 Å². The van der Waals surface area contributed by atoms with E-state index in [2.05, 4.69) is 30.7 Å².